The van der Waals surface area contributed by atoms with Gasteiger partial charge in [0.05, 0.1) is 6.61 Å². The number of ether oxygens (including phenoxy) is 3. The van der Waals surface area contributed by atoms with Crippen molar-refractivity contribution in [1.82, 2.24) is 4.90 Å². The largest absolute Gasteiger partial charge is 0.494 e. The molecule has 0 aromatic heterocycles. The Bertz CT molecular complexity index is 1310. The van der Waals surface area contributed by atoms with E-state index in [2.05, 4.69) is 11.9 Å². The molecule has 6 rings (SSSR count). The number of hydrogen-bond acceptors (Lipinski definition) is 7. The summed E-state index contributed by atoms with van der Waals surface area (Å²) in [4.78, 5) is 27.0. The molecule has 0 amide bonds. The maximum absolute atomic E-state index is 13.8. The summed E-state index contributed by atoms with van der Waals surface area (Å²) in [6, 6.07) is 21.7. The van der Waals surface area contributed by atoms with Gasteiger partial charge in [0.2, 0.25) is 5.60 Å². The fourth-order valence-electron chi connectivity index (χ4n) is 6.64. The average Bonchev–Trinajstić information content (AvgIpc) is 3.52. The van der Waals surface area contributed by atoms with E-state index in [0.717, 1.165) is 44.3 Å². The van der Waals surface area contributed by atoms with Gasteiger partial charge < -0.3 is 24.2 Å². The first-order chi connectivity index (χ1) is 19.0. The molecule has 4 unspecified atom stereocenters. The van der Waals surface area contributed by atoms with Crippen molar-refractivity contribution < 1.29 is 28.9 Å². The lowest BCUT2D eigenvalue weighted by molar-refractivity contribution is -0.171. The Morgan fingerprint density at radius 2 is 1.69 bits per heavy atom. The van der Waals surface area contributed by atoms with Gasteiger partial charge >= 0.3 is 5.97 Å². The Morgan fingerprint density at radius 3 is 2.36 bits per heavy atom. The number of hydrogen-bond donors (Lipinski definition) is 1. The third kappa shape index (κ3) is 4.60. The first-order valence-electron chi connectivity index (χ1n) is 13.7. The van der Waals surface area contributed by atoms with Gasteiger partial charge in [0.25, 0.3) is 0 Å². The number of rotatable bonds is 9. The van der Waals surface area contributed by atoms with Crippen LogP contribution in [0.15, 0.2) is 72.8 Å². The molecular formula is C32H33NO6. The van der Waals surface area contributed by atoms with Crippen LogP contribution in [0.2, 0.25) is 0 Å². The minimum absolute atomic E-state index is 0.219. The molecule has 2 aliphatic carbocycles. The van der Waals surface area contributed by atoms with E-state index < -0.39 is 11.6 Å². The van der Waals surface area contributed by atoms with Crippen LogP contribution in [0.25, 0.3) is 0 Å². The second-order valence-electron chi connectivity index (χ2n) is 10.8. The van der Waals surface area contributed by atoms with Gasteiger partial charge in [0.15, 0.2) is 0 Å². The molecule has 1 aliphatic heterocycles. The summed E-state index contributed by atoms with van der Waals surface area (Å²) in [5, 5.41) is 11.9. The van der Waals surface area contributed by atoms with E-state index in [4.69, 9.17) is 14.2 Å². The van der Waals surface area contributed by atoms with Crippen LogP contribution in [0.1, 0.15) is 47.2 Å². The van der Waals surface area contributed by atoms with E-state index in [0.29, 0.717) is 40.8 Å². The molecule has 7 heteroatoms. The smallest absolute Gasteiger partial charge is 0.348 e. The second kappa shape index (κ2) is 10.5. The van der Waals surface area contributed by atoms with E-state index in [-0.39, 0.29) is 17.9 Å². The number of aliphatic hydroxyl groups is 1. The highest BCUT2D eigenvalue weighted by atomic mass is 16.6. The Hall–Kier alpha value is -3.68. The Kier molecular flexibility index (Phi) is 6.87. The lowest BCUT2D eigenvalue weighted by Crippen LogP contribution is -2.44. The normalized spacial score (nSPS) is 24.0. The Balaban J connectivity index is 1.10. The van der Waals surface area contributed by atoms with Gasteiger partial charge in [-0.3, -0.25) is 4.79 Å². The third-order valence-corrected chi connectivity index (χ3v) is 8.61. The SMILES string of the molecule is CN(CCCOc1ccc(C=O)cc1)C1CC2CCC1C2OC(=O)C1(O)c2ccccc2Oc2ccccc21. The minimum atomic E-state index is -1.92. The molecule has 2 saturated carbocycles. The lowest BCUT2D eigenvalue weighted by Gasteiger charge is -2.35. The van der Waals surface area contributed by atoms with Crippen molar-refractivity contribution in [2.75, 3.05) is 20.2 Å². The quantitative estimate of drug-likeness (QED) is 0.239. The van der Waals surface area contributed by atoms with E-state index in [1.54, 1.807) is 48.5 Å². The van der Waals surface area contributed by atoms with Crippen molar-refractivity contribution >= 4 is 12.3 Å². The van der Waals surface area contributed by atoms with Gasteiger partial charge in [0.1, 0.15) is 29.6 Å². The van der Waals surface area contributed by atoms with Crippen molar-refractivity contribution in [2.24, 2.45) is 11.8 Å². The summed E-state index contributed by atoms with van der Waals surface area (Å²) < 4.78 is 18.0. The fourth-order valence-corrected chi connectivity index (χ4v) is 6.64. The maximum Gasteiger partial charge on any atom is 0.348 e. The predicted molar refractivity (Wildman–Crippen MR) is 145 cm³/mol. The van der Waals surface area contributed by atoms with Crippen molar-refractivity contribution in [1.29, 1.82) is 0 Å². The molecule has 3 aromatic carbocycles. The number of esters is 1. The van der Waals surface area contributed by atoms with E-state index in [9.17, 15) is 14.7 Å². The van der Waals surface area contributed by atoms with Crippen molar-refractivity contribution in [3.63, 3.8) is 0 Å². The molecule has 0 radical (unpaired) electrons. The number of carbonyl (C=O) groups excluding carboxylic acids is 2. The molecule has 2 fully saturated rings. The first kappa shape index (κ1) is 25.6. The number of carbonyl (C=O) groups is 2. The number of nitrogens with zero attached hydrogens (tertiary/aromatic N) is 1. The zero-order valence-electron chi connectivity index (χ0n) is 22.0. The summed E-state index contributed by atoms with van der Waals surface area (Å²) in [6.45, 7) is 1.45. The Labute approximate surface area is 228 Å². The number of fused-ring (bicyclic) bond motifs is 4. The number of benzene rings is 3. The standard InChI is InChI=1S/C32H33NO6/c1-33(17-6-18-37-23-14-11-21(20-34)12-15-23)27-19-22-13-16-24(27)30(22)39-31(35)32(36)25-7-2-4-9-28(25)38-29-10-5-3-8-26(29)32/h2-5,7-12,14-15,20,22,24,27,30,36H,6,13,16-19H2,1H3. The average molecular weight is 528 g/mol. The molecule has 2 bridgehead atoms. The summed E-state index contributed by atoms with van der Waals surface area (Å²) in [5.41, 5.74) is -0.469. The molecule has 1 N–H and O–H groups in total. The molecule has 1 heterocycles. The third-order valence-electron chi connectivity index (χ3n) is 8.61. The van der Waals surface area contributed by atoms with E-state index >= 15 is 0 Å². The van der Waals surface area contributed by atoms with Gasteiger partial charge in [-0.15, -0.1) is 0 Å². The zero-order chi connectivity index (χ0) is 27.0. The Morgan fingerprint density at radius 1 is 1.03 bits per heavy atom. The fraction of sp³-hybridized carbons (Fsp3) is 0.375. The highest BCUT2D eigenvalue weighted by Crippen LogP contribution is 2.51. The zero-order valence-corrected chi connectivity index (χ0v) is 22.0. The molecule has 7 nitrogen and oxygen atoms in total. The monoisotopic (exact) mass is 527 g/mol. The molecule has 3 aromatic rings. The van der Waals surface area contributed by atoms with E-state index in [1.165, 1.54) is 0 Å². The predicted octanol–water partition coefficient (Wildman–Crippen LogP) is 4.95. The molecule has 202 valence electrons. The van der Waals surface area contributed by atoms with Crippen molar-refractivity contribution in [2.45, 2.75) is 43.4 Å². The molecule has 3 aliphatic rings. The number of para-hydroxylation sites is 2. The molecular weight excluding hydrogens is 494 g/mol. The van der Waals surface area contributed by atoms with Crippen LogP contribution >= 0.6 is 0 Å². The van der Waals surface area contributed by atoms with Gasteiger partial charge in [-0.05, 0) is 75.0 Å². The molecule has 4 atom stereocenters. The van der Waals surface area contributed by atoms with Crippen molar-refractivity contribution in [3.05, 3.63) is 89.5 Å². The highest BCUT2D eigenvalue weighted by Gasteiger charge is 2.55. The van der Waals surface area contributed by atoms with E-state index in [1.807, 2.05) is 24.3 Å². The van der Waals surface area contributed by atoms with Crippen LogP contribution in [0.5, 0.6) is 17.2 Å². The topological polar surface area (TPSA) is 85.3 Å². The number of aldehydes is 1. The van der Waals surface area contributed by atoms with Crippen LogP contribution in [0, 0.1) is 11.8 Å². The lowest BCUT2D eigenvalue weighted by atomic mass is 9.83. The molecule has 0 spiro atoms. The first-order valence-corrected chi connectivity index (χ1v) is 13.7. The van der Waals surface area contributed by atoms with Crippen LogP contribution in [0.4, 0.5) is 0 Å². The molecule has 39 heavy (non-hydrogen) atoms. The van der Waals surface area contributed by atoms with Crippen LogP contribution in [-0.4, -0.2) is 54.6 Å². The summed E-state index contributed by atoms with van der Waals surface area (Å²) in [7, 11) is 2.13. The van der Waals surface area contributed by atoms with Crippen molar-refractivity contribution in [3.8, 4) is 17.2 Å². The van der Waals surface area contributed by atoms with Gasteiger partial charge in [-0.1, -0.05) is 36.4 Å². The molecule has 0 saturated heterocycles. The van der Waals surface area contributed by atoms with Crippen LogP contribution < -0.4 is 9.47 Å². The second-order valence-corrected chi connectivity index (χ2v) is 10.8. The summed E-state index contributed by atoms with van der Waals surface area (Å²) in [6.07, 6.45) is 4.47. The van der Waals surface area contributed by atoms with Gasteiger partial charge in [-0.25, -0.2) is 4.79 Å². The highest BCUT2D eigenvalue weighted by molar-refractivity contribution is 5.88. The van der Waals surface area contributed by atoms with Gasteiger partial charge in [0, 0.05) is 35.2 Å². The maximum atomic E-state index is 13.8. The van der Waals surface area contributed by atoms with Crippen LogP contribution in [-0.2, 0) is 15.1 Å². The minimum Gasteiger partial charge on any atom is -0.494 e. The summed E-state index contributed by atoms with van der Waals surface area (Å²) >= 11 is 0. The summed E-state index contributed by atoms with van der Waals surface area (Å²) in [5.74, 6) is 1.56. The van der Waals surface area contributed by atoms with Gasteiger partial charge in [-0.2, -0.15) is 0 Å². The van der Waals surface area contributed by atoms with Crippen LogP contribution in [0.3, 0.4) is 0 Å².